The molecular weight excluding hydrogens is 200 g/mol. The SMILES string of the molecule is [CH2]N1CCN(c2ccc(C(C)=O)cc2)CC1. The van der Waals surface area contributed by atoms with Crippen molar-refractivity contribution in [2.75, 3.05) is 31.1 Å². The molecule has 0 atom stereocenters. The van der Waals surface area contributed by atoms with Crippen LogP contribution >= 0.6 is 0 Å². The van der Waals surface area contributed by atoms with Gasteiger partial charge < -0.3 is 4.90 Å². The smallest absolute Gasteiger partial charge is 0.159 e. The molecular formula is C13H17N2O. The van der Waals surface area contributed by atoms with Crippen LogP contribution < -0.4 is 4.90 Å². The van der Waals surface area contributed by atoms with E-state index in [1.54, 1.807) is 6.92 Å². The minimum Gasteiger partial charge on any atom is -0.369 e. The number of ketones is 1. The average molecular weight is 217 g/mol. The van der Waals surface area contributed by atoms with Crippen LogP contribution in [0.2, 0.25) is 0 Å². The van der Waals surface area contributed by atoms with Crippen LogP contribution in [-0.2, 0) is 0 Å². The fraction of sp³-hybridized carbons (Fsp3) is 0.385. The Morgan fingerprint density at radius 3 is 2.19 bits per heavy atom. The number of anilines is 1. The summed E-state index contributed by atoms with van der Waals surface area (Å²) in [6.07, 6.45) is 0. The summed E-state index contributed by atoms with van der Waals surface area (Å²) in [6, 6.07) is 7.84. The van der Waals surface area contributed by atoms with Gasteiger partial charge in [0, 0.05) is 44.5 Å². The molecule has 0 spiro atoms. The van der Waals surface area contributed by atoms with E-state index in [0.717, 1.165) is 31.7 Å². The number of carbonyl (C=O) groups excluding carboxylic acids is 1. The van der Waals surface area contributed by atoms with E-state index in [2.05, 4.69) is 16.8 Å². The molecule has 0 saturated carbocycles. The molecule has 0 bridgehead atoms. The number of rotatable bonds is 2. The molecule has 3 nitrogen and oxygen atoms in total. The van der Waals surface area contributed by atoms with E-state index in [-0.39, 0.29) is 5.78 Å². The summed E-state index contributed by atoms with van der Waals surface area (Å²) in [4.78, 5) is 15.6. The molecule has 1 aliphatic rings. The minimum atomic E-state index is 0.120. The molecule has 2 rings (SSSR count). The van der Waals surface area contributed by atoms with Crippen molar-refractivity contribution in [3.8, 4) is 0 Å². The quantitative estimate of drug-likeness (QED) is 0.706. The molecule has 1 heterocycles. The highest BCUT2D eigenvalue weighted by Crippen LogP contribution is 2.17. The largest absolute Gasteiger partial charge is 0.369 e. The van der Waals surface area contributed by atoms with Crippen molar-refractivity contribution in [2.45, 2.75) is 6.92 Å². The molecule has 1 saturated heterocycles. The minimum absolute atomic E-state index is 0.120. The Kier molecular flexibility index (Phi) is 3.25. The molecule has 1 aromatic rings. The van der Waals surface area contributed by atoms with Gasteiger partial charge in [-0.2, -0.15) is 0 Å². The van der Waals surface area contributed by atoms with Crippen LogP contribution in [0.5, 0.6) is 0 Å². The normalized spacial score (nSPS) is 17.5. The Bertz CT molecular complexity index is 364. The van der Waals surface area contributed by atoms with E-state index in [4.69, 9.17) is 0 Å². The number of nitrogens with zero attached hydrogens (tertiary/aromatic N) is 2. The Hall–Kier alpha value is -1.35. The highest BCUT2D eigenvalue weighted by molar-refractivity contribution is 5.94. The summed E-state index contributed by atoms with van der Waals surface area (Å²) in [5.41, 5.74) is 1.97. The maximum Gasteiger partial charge on any atom is 0.159 e. The number of benzene rings is 1. The van der Waals surface area contributed by atoms with Crippen molar-refractivity contribution in [3.63, 3.8) is 0 Å². The zero-order valence-corrected chi connectivity index (χ0v) is 9.65. The second-order valence-electron chi connectivity index (χ2n) is 4.21. The first-order valence-electron chi connectivity index (χ1n) is 5.58. The maximum atomic E-state index is 11.1. The van der Waals surface area contributed by atoms with Crippen molar-refractivity contribution in [1.82, 2.24) is 4.90 Å². The van der Waals surface area contributed by atoms with Crippen molar-refractivity contribution in [1.29, 1.82) is 0 Å². The molecule has 1 aromatic carbocycles. The van der Waals surface area contributed by atoms with Crippen molar-refractivity contribution in [2.24, 2.45) is 0 Å². The molecule has 1 radical (unpaired) electrons. The third kappa shape index (κ3) is 2.42. The number of carbonyl (C=O) groups is 1. The first kappa shape index (κ1) is 11.1. The fourth-order valence-corrected chi connectivity index (χ4v) is 1.91. The van der Waals surface area contributed by atoms with E-state index in [9.17, 15) is 4.79 Å². The Labute approximate surface area is 96.7 Å². The van der Waals surface area contributed by atoms with Gasteiger partial charge in [-0.15, -0.1) is 0 Å². The maximum absolute atomic E-state index is 11.1. The lowest BCUT2D eigenvalue weighted by Gasteiger charge is -2.33. The Morgan fingerprint density at radius 2 is 1.69 bits per heavy atom. The summed E-state index contributed by atoms with van der Waals surface area (Å²) in [5, 5.41) is 0. The monoisotopic (exact) mass is 217 g/mol. The molecule has 0 aromatic heterocycles. The predicted octanol–water partition coefficient (Wildman–Crippen LogP) is 1.80. The van der Waals surface area contributed by atoms with Gasteiger partial charge in [0.2, 0.25) is 0 Å². The lowest BCUT2D eigenvalue weighted by atomic mass is 10.1. The Balaban J connectivity index is 2.07. The van der Waals surface area contributed by atoms with E-state index >= 15 is 0 Å². The molecule has 0 amide bonds. The summed E-state index contributed by atoms with van der Waals surface area (Å²) in [7, 11) is 3.92. The predicted molar refractivity (Wildman–Crippen MR) is 65.6 cm³/mol. The van der Waals surface area contributed by atoms with E-state index < -0.39 is 0 Å². The van der Waals surface area contributed by atoms with Gasteiger partial charge in [-0.25, -0.2) is 0 Å². The number of hydrogen-bond acceptors (Lipinski definition) is 3. The summed E-state index contributed by atoms with van der Waals surface area (Å²) < 4.78 is 0. The van der Waals surface area contributed by atoms with Crippen LogP contribution in [0.25, 0.3) is 0 Å². The lowest BCUT2D eigenvalue weighted by molar-refractivity contribution is 0.101. The van der Waals surface area contributed by atoms with Crippen LogP contribution in [0.1, 0.15) is 17.3 Å². The zero-order valence-electron chi connectivity index (χ0n) is 9.65. The number of Topliss-reactive ketones (excluding diaryl/α,β-unsaturated/α-hetero) is 1. The molecule has 0 aliphatic carbocycles. The van der Waals surface area contributed by atoms with Gasteiger partial charge >= 0.3 is 0 Å². The summed E-state index contributed by atoms with van der Waals surface area (Å²) in [5.74, 6) is 0.120. The van der Waals surface area contributed by atoms with E-state index in [1.165, 1.54) is 5.69 Å². The van der Waals surface area contributed by atoms with Crippen LogP contribution in [-0.4, -0.2) is 36.9 Å². The number of hydrogen-bond donors (Lipinski definition) is 0. The third-order valence-corrected chi connectivity index (χ3v) is 3.01. The van der Waals surface area contributed by atoms with Gasteiger partial charge in [-0.05, 0) is 31.2 Å². The second kappa shape index (κ2) is 4.66. The van der Waals surface area contributed by atoms with Crippen LogP contribution in [0.4, 0.5) is 5.69 Å². The van der Waals surface area contributed by atoms with Gasteiger partial charge in [0.15, 0.2) is 5.78 Å². The first-order chi connectivity index (χ1) is 7.66. The summed E-state index contributed by atoms with van der Waals surface area (Å²) in [6.45, 7) is 5.59. The highest BCUT2D eigenvalue weighted by atomic mass is 16.1. The fourth-order valence-electron chi connectivity index (χ4n) is 1.91. The molecule has 0 unspecified atom stereocenters. The van der Waals surface area contributed by atoms with Gasteiger partial charge in [0.05, 0.1) is 0 Å². The van der Waals surface area contributed by atoms with Crippen LogP contribution in [0.3, 0.4) is 0 Å². The topological polar surface area (TPSA) is 23.6 Å². The lowest BCUT2D eigenvalue weighted by Crippen LogP contribution is -2.43. The van der Waals surface area contributed by atoms with E-state index in [0.29, 0.717) is 0 Å². The van der Waals surface area contributed by atoms with Crippen molar-refractivity contribution in [3.05, 3.63) is 36.9 Å². The molecule has 3 heteroatoms. The van der Waals surface area contributed by atoms with Crippen LogP contribution in [0.15, 0.2) is 24.3 Å². The average Bonchev–Trinajstić information content (AvgIpc) is 2.30. The van der Waals surface area contributed by atoms with Gasteiger partial charge in [0.25, 0.3) is 0 Å². The molecule has 85 valence electrons. The molecule has 1 fully saturated rings. The van der Waals surface area contributed by atoms with Crippen molar-refractivity contribution < 1.29 is 4.79 Å². The highest BCUT2D eigenvalue weighted by Gasteiger charge is 2.14. The standard InChI is InChI=1S/C13H17N2O/c1-11(16)12-3-5-13(6-4-12)15-9-7-14(2)8-10-15/h3-6H,2,7-10H2,1H3. The van der Waals surface area contributed by atoms with Crippen LogP contribution in [0, 0.1) is 7.05 Å². The van der Waals surface area contributed by atoms with E-state index in [1.807, 2.05) is 24.3 Å². The molecule has 16 heavy (non-hydrogen) atoms. The first-order valence-corrected chi connectivity index (χ1v) is 5.58. The number of piperazine rings is 1. The Morgan fingerprint density at radius 1 is 1.12 bits per heavy atom. The van der Waals surface area contributed by atoms with Gasteiger partial charge in [-0.1, -0.05) is 0 Å². The van der Waals surface area contributed by atoms with Gasteiger partial charge in [0.1, 0.15) is 0 Å². The molecule has 0 N–H and O–H groups in total. The second-order valence-corrected chi connectivity index (χ2v) is 4.21. The zero-order chi connectivity index (χ0) is 11.5. The van der Waals surface area contributed by atoms with Crippen molar-refractivity contribution >= 4 is 11.5 Å². The van der Waals surface area contributed by atoms with Gasteiger partial charge in [-0.3, -0.25) is 9.69 Å². The molecule has 1 aliphatic heterocycles. The third-order valence-electron chi connectivity index (χ3n) is 3.01. The summed E-state index contributed by atoms with van der Waals surface area (Å²) >= 11 is 0.